The topological polar surface area (TPSA) is 115 Å². The van der Waals surface area contributed by atoms with Gasteiger partial charge in [0, 0.05) is 26.2 Å². The molecule has 1 fully saturated rings. The van der Waals surface area contributed by atoms with Crippen molar-refractivity contribution in [3.63, 3.8) is 0 Å². The molecule has 10 heteroatoms. The highest BCUT2D eigenvalue weighted by atomic mass is 19.1. The summed E-state index contributed by atoms with van der Waals surface area (Å²) < 4.78 is 30.5. The third-order valence-electron chi connectivity index (χ3n) is 6.27. The lowest BCUT2D eigenvalue weighted by Gasteiger charge is -2.31. The number of ether oxygens (including phenoxy) is 2. The molecule has 2 N–H and O–H groups in total. The van der Waals surface area contributed by atoms with Crippen molar-refractivity contribution in [2.45, 2.75) is 6.04 Å². The van der Waals surface area contributed by atoms with E-state index in [1.165, 1.54) is 12.1 Å². The number of amides is 2. The number of hydrogen-bond donors (Lipinski definition) is 1. The summed E-state index contributed by atoms with van der Waals surface area (Å²) in [6.45, 7) is 3.46. The molecule has 1 aromatic heterocycles. The summed E-state index contributed by atoms with van der Waals surface area (Å²) in [4.78, 5) is 41.8. The van der Waals surface area contributed by atoms with Crippen molar-refractivity contribution in [2.24, 2.45) is 5.73 Å². The maximum atomic E-state index is 13.9. The predicted molar refractivity (Wildman–Crippen MR) is 124 cm³/mol. The molecule has 35 heavy (non-hydrogen) atoms. The largest absolute Gasteiger partial charge is 0.484 e. The number of carbonyl (C=O) groups is 2. The molecule has 0 spiro atoms. The van der Waals surface area contributed by atoms with Gasteiger partial charge < -0.3 is 24.5 Å². The zero-order valence-electron chi connectivity index (χ0n) is 18.9. The van der Waals surface area contributed by atoms with Crippen LogP contribution in [-0.2, 0) is 9.53 Å². The quantitative estimate of drug-likeness (QED) is 0.546. The van der Waals surface area contributed by atoms with Crippen LogP contribution in [0.5, 0.6) is 5.75 Å². The Hall–Kier alpha value is -3.76. The van der Waals surface area contributed by atoms with E-state index in [0.717, 1.165) is 19.2 Å². The molecule has 0 saturated carbocycles. The maximum absolute atomic E-state index is 13.9. The zero-order valence-corrected chi connectivity index (χ0v) is 18.9. The standard InChI is InChI=1S/C25H24FN3O6/c26-16-3-6-19-18(13-16)23(31)21-22(15-1-4-17(5-2-15)34-14-20(27)30)29(25(32)24(21)35-19)8-7-28-9-11-33-12-10-28/h1-6,13,22H,7-12,14H2,(H2,27,30). The van der Waals surface area contributed by atoms with E-state index in [2.05, 4.69) is 4.90 Å². The normalized spacial score (nSPS) is 18.1. The van der Waals surface area contributed by atoms with Gasteiger partial charge in [-0.25, -0.2) is 4.39 Å². The molecule has 2 amide bonds. The Bertz CT molecular complexity index is 1330. The van der Waals surface area contributed by atoms with Crippen molar-refractivity contribution < 1.29 is 27.9 Å². The Kier molecular flexibility index (Phi) is 6.23. The monoisotopic (exact) mass is 481 g/mol. The van der Waals surface area contributed by atoms with E-state index in [9.17, 15) is 18.8 Å². The number of morpholine rings is 1. The molecule has 1 unspecified atom stereocenters. The fourth-order valence-corrected chi connectivity index (χ4v) is 4.54. The van der Waals surface area contributed by atoms with Crippen LogP contribution in [0.1, 0.15) is 27.7 Å². The number of fused-ring (bicyclic) bond motifs is 2. The summed E-state index contributed by atoms with van der Waals surface area (Å²) in [5.41, 5.74) is 5.69. The number of benzene rings is 2. The molecule has 1 saturated heterocycles. The molecular formula is C25H24FN3O6. The predicted octanol–water partition coefficient (Wildman–Crippen LogP) is 1.67. The first-order chi connectivity index (χ1) is 16.9. The smallest absolute Gasteiger partial charge is 0.290 e. The molecule has 182 valence electrons. The van der Waals surface area contributed by atoms with E-state index in [0.29, 0.717) is 37.6 Å². The van der Waals surface area contributed by atoms with Gasteiger partial charge in [-0.1, -0.05) is 12.1 Å². The highest BCUT2D eigenvalue weighted by molar-refractivity contribution is 5.99. The minimum absolute atomic E-state index is 0.0323. The SMILES string of the molecule is NC(=O)COc1ccc(C2c3c(oc4ccc(F)cc4c3=O)C(=O)N2CCN2CCOCC2)cc1. The van der Waals surface area contributed by atoms with Gasteiger partial charge in [-0.2, -0.15) is 0 Å². The van der Waals surface area contributed by atoms with Gasteiger partial charge in [0.15, 0.2) is 12.0 Å². The summed E-state index contributed by atoms with van der Waals surface area (Å²) in [5.74, 6) is -1.17. The Morgan fingerprint density at radius 3 is 2.54 bits per heavy atom. The fourth-order valence-electron chi connectivity index (χ4n) is 4.54. The van der Waals surface area contributed by atoms with Gasteiger partial charge in [-0.15, -0.1) is 0 Å². The van der Waals surface area contributed by atoms with Crippen LogP contribution >= 0.6 is 0 Å². The van der Waals surface area contributed by atoms with Crippen molar-refractivity contribution in [1.29, 1.82) is 0 Å². The lowest BCUT2D eigenvalue weighted by atomic mass is 9.98. The van der Waals surface area contributed by atoms with Crippen LogP contribution in [0.4, 0.5) is 4.39 Å². The third-order valence-corrected chi connectivity index (χ3v) is 6.27. The van der Waals surface area contributed by atoms with Crippen LogP contribution in [0.2, 0.25) is 0 Å². The third kappa shape index (κ3) is 4.50. The second kappa shape index (κ2) is 9.47. The average Bonchev–Trinajstić information content (AvgIpc) is 3.14. The van der Waals surface area contributed by atoms with Crippen LogP contribution in [-0.4, -0.2) is 67.6 Å². The summed E-state index contributed by atoms with van der Waals surface area (Å²) in [5, 5.41) is 0.0815. The van der Waals surface area contributed by atoms with Crippen LogP contribution in [0, 0.1) is 5.82 Å². The Labute approximate surface area is 199 Å². The average molecular weight is 481 g/mol. The van der Waals surface area contributed by atoms with E-state index in [-0.39, 0.29) is 28.9 Å². The van der Waals surface area contributed by atoms with Gasteiger partial charge in [0.2, 0.25) is 5.76 Å². The Balaban J connectivity index is 1.54. The summed E-state index contributed by atoms with van der Waals surface area (Å²) in [6, 6.07) is 9.69. The maximum Gasteiger partial charge on any atom is 0.290 e. The minimum atomic E-state index is -0.715. The molecule has 1 atom stereocenters. The number of rotatable bonds is 7. The zero-order chi connectivity index (χ0) is 24.5. The van der Waals surface area contributed by atoms with Gasteiger partial charge in [-0.05, 0) is 35.9 Å². The Morgan fingerprint density at radius 2 is 1.83 bits per heavy atom. The molecule has 3 heterocycles. The molecule has 0 aliphatic carbocycles. The van der Waals surface area contributed by atoms with E-state index in [1.807, 2.05) is 0 Å². The van der Waals surface area contributed by atoms with Crippen LogP contribution in [0.3, 0.4) is 0 Å². The van der Waals surface area contributed by atoms with E-state index >= 15 is 0 Å². The molecule has 2 aliphatic heterocycles. The van der Waals surface area contributed by atoms with Crippen molar-refractivity contribution in [2.75, 3.05) is 46.0 Å². The lowest BCUT2D eigenvalue weighted by molar-refractivity contribution is -0.119. The molecule has 3 aromatic rings. The van der Waals surface area contributed by atoms with Gasteiger partial charge in [0.05, 0.1) is 30.2 Å². The fraction of sp³-hybridized carbons (Fsp3) is 0.320. The highest BCUT2D eigenvalue weighted by Gasteiger charge is 2.42. The summed E-state index contributed by atoms with van der Waals surface area (Å²) >= 11 is 0. The number of halogens is 1. The van der Waals surface area contributed by atoms with Crippen LogP contribution < -0.4 is 15.9 Å². The van der Waals surface area contributed by atoms with Gasteiger partial charge in [0.25, 0.3) is 11.8 Å². The Morgan fingerprint density at radius 1 is 1.09 bits per heavy atom. The number of nitrogens with two attached hydrogens (primary N) is 1. The molecule has 5 rings (SSSR count). The highest BCUT2D eigenvalue weighted by Crippen LogP contribution is 2.38. The van der Waals surface area contributed by atoms with Crippen molar-refractivity contribution in [1.82, 2.24) is 9.80 Å². The van der Waals surface area contributed by atoms with Crippen molar-refractivity contribution in [3.05, 3.63) is 75.4 Å². The molecule has 2 aliphatic rings. The number of primary amides is 1. The van der Waals surface area contributed by atoms with Crippen molar-refractivity contribution >= 4 is 22.8 Å². The summed E-state index contributed by atoms with van der Waals surface area (Å²) in [6.07, 6.45) is 0. The van der Waals surface area contributed by atoms with Crippen LogP contribution in [0.15, 0.2) is 51.7 Å². The second-order valence-electron chi connectivity index (χ2n) is 8.49. The van der Waals surface area contributed by atoms with E-state index < -0.39 is 29.1 Å². The molecule has 9 nitrogen and oxygen atoms in total. The second-order valence-corrected chi connectivity index (χ2v) is 8.49. The lowest BCUT2D eigenvalue weighted by Crippen LogP contribution is -2.42. The summed E-state index contributed by atoms with van der Waals surface area (Å²) in [7, 11) is 0. The first kappa shape index (κ1) is 23.0. The minimum Gasteiger partial charge on any atom is -0.484 e. The molecule has 0 bridgehead atoms. The van der Waals surface area contributed by atoms with Gasteiger partial charge >= 0.3 is 0 Å². The number of hydrogen-bond acceptors (Lipinski definition) is 7. The van der Waals surface area contributed by atoms with Gasteiger partial charge in [0.1, 0.15) is 17.1 Å². The van der Waals surface area contributed by atoms with Crippen LogP contribution in [0.25, 0.3) is 11.0 Å². The van der Waals surface area contributed by atoms with Gasteiger partial charge in [-0.3, -0.25) is 19.3 Å². The van der Waals surface area contributed by atoms with E-state index in [4.69, 9.17) is 19.6 Å². The van der Waals surface area contributed by atoms with E-state index in [1.54, 1.807) is 29.2 Å². The van der Waals surface area contributed by atoms with Crippen molar-refractivity contribution in [3.8, 4) is 5.75 Å². The number of nitrogens with zero attached hydrogens (tertiary/aromatic N) is 2. The molecule has 0 radical (unpaired) electrons. The first-order valence-corrected chi connectivity index (χ1v) is 11.3. The molecular weight excluding hydrogens is 457 g/mol. The first-order valence-electron chi connectivity index (χ1n) is 11.3. The molecule has 2 aromatic carbocycles. The number of carbonyl (C=O) groups excluding carboxylic acids is 2.